The average Bonchev–Trinajstić information content (AvgIpc) is 1.90. The van der Waals surface area contributed by atoms with E-state index in [2.05, 4.69) is 0 Å². The maximum Gasteiger partial charge on any atom is 0.106 e. The molecular weight excluding hydrogens is 132 g/mol. The van der Waals surface area contributed by atoms with Crippen LogP contribution in [0.15, 0.2) is 0 Å². The van der Waals surface area contributed by atoms with Gasteiger partial charge in [-0.05, 0) is 5.92 Å². The molecule has 0 rings (SSSR count). The quantitative estimate of drug-likeness (QED) is 0.590. The van der Waals surface area contributed by atoms with Crippen LogP contribution >= 0.6 is 0 Å². The lowest BCUT2D eigenvalue weighted by molar-refractivity contribution is -0.0591. The van der Waals surface area contributed by atoms with Crippen molar-refractivity contribution in [2.45, 2.75) is 26.1 Å². The first-order chi connectivity index (χ1) is 4.63. The van der Waals surface area contributed by atoms with E-state index >= 15 is 0 Å². The maximum atomic E-state index is 9.30. The second-order valence-electron chi connectivity index (χ2n) is 2.69. The Morgan fingerprint density at radius 3 is 2.00 bits per heavy atom. The van der Waals surface area contributed by atoms with Gasteiger partial charge in [0.2, 0.25) is 0 Å². The summed E-state index contributed by atoms with van der Waals surface area (Å²) in [6, 6.07) is 0. The van der Waals surface area contributed by atoms with E-state index in [0.29, 0.717) is 0 Å². The summed E-state index contributed by atoms with van der Waals surface area (Å²) in [4.78, 5) is 0. The molecule has 0 aromatic heterocycles. The van der Waals surface area contributed by atoms with Gasteiger partial charge in [-0.2, -0.15) is 0 Å². The molecule has 0 radical (unpaired) electrons. The predicted molar refractivity (Wildman–Crippen MR) is 38.7 cm³/mol. The van der Waals surface area contributed by atoms with E-state index in [0.717, 1.165) is 0 Å². The zero-order valence-corrected chi connectivity index (χ0v) is 6.74. The number of ether oxygens (including phenoxy) is 1. The lowest BCUT2D eigenvalue weighted by Gasteiger charge is -2.22. The Hall–Kier alpha value is -0.120. The smallest absolute Gasteiger partial charge is 0.106 e. The first-order valence-electron chi connectivity index (χ1n) is 3.45. The fourth-order valence-corrected chi connectivity index (χ4v) is 0.751. The van der Waals surface area contributed by atoms with Crippen LogP contribution in [0, 0.1) is 5.92 Å². The van der Waals surface area contributed by atoms with E-state index < -0.39 is 12.2 Å². The number of aliphatic hydroxyl groups is 2. The van der Waals surface area contributed by atoms with Gasteiger partial charge in [-0.15, -0.1) is 0 Å². The topological polar surface area (TPSA) is 49.7 Å². The second-order valence-corrected chi connectivity index (χ2v) is 2.69. The first-order valence-corrected chi connectivity index (χ1v) is 3.45. The van der Waals surface area contributed by atoms with Gasteiger partial charge < -0.3 is 14.9 Å². The molecule has 0 bridgehead atoms. The molecule has 0 saturated carbocycles. The summed E-state index contributed by atoms with van der Waals surface area (Å²) in [5.74, 6) is 0.122. The van der Waals surface area contributed by atoms with Crippen molar-refractivity contribution in [3.8, 4) is 0 Å². The van der Waals surface area contributed by atoms with Crippen LogP contribution in [-0.2, 0) is 4.74 Å². The van der Waals surface area contributed by atoms with Crippen molar-refractivity contribution >= 4 is 0 Å². The molecule has 0 saturated heterocycles. The number of hydrogen-bond donors (Lipinski definition) is 2. The van der Waals surface area contributed by atoms with Gasteiger partial charge in [-0.1, -0.05) is 13.8 Å². The highest BCUT2D eigenvalue weighted by Gasteiger charge is 2.20. The lowest BCUT2D eigenvalue weighted by atomic mass is 10.0. The Balaban J connectivity index is 3.76. The minimum Gasteiger partial charge on any atom is -0.394 e. The van der Waals surface area contributed by atoms with Crippen LogP contribution in [0.25, 0.3) is 0 Å². The summed E-state index contributed by atoms with van der Waals surface area (Å²) >= 11 is 0. The Kier molecular flexibility index (Phi) is 4.60. The van der Waals surface area contributed by atoms with E-state index in [1.54, 1.807) is 0 Å². The van der Waals surface area contributed by atoms with E-state index in [4.69, 9.17) is 9.84 Å². The Labute approximate surface area is 61.6 Å². The van der Waals surface area contributed by atoms with Crippen molar-refractivity contribution < 1.29 is 14.9 Å². The van der Waals surface area contributed by atoms with Gasteiger partial charge in [-0.3, -0.25) is 0 Å². The molecule has 0 aliphatic carbocycles. The number of methoxy groups -OCH3 is 1. The molecule has 0 unspecified atom stereocenters. The summed E-state index contributed by atoms with van der Waals surface area (Å²) in [6.07, 6.45) is -1.02. The van der Waals surface area contributed by atoms with Crippen molar-refractivity contribution in [3.63, 3.8) is 0 Å². The molecule has 0 amide bonds. The van der Waals surface area contributed by atoms with Crippen molar-refractivity contribution in [1.29, 1.82) is 0 Å². The standard InChI is InChI=1S/C7H16O3/c1-5(2)7(9)6(4-8)10-3/h5-9H,4H2,1-3H3/t6-,7-/m1/s1. The van der Waals surface area contributed by atoms with Gasteiger partial charge in [0, 0.05) is 7.11 Å². The van der Waals surface area contributed by atoms with Gasteiger partial charge in [0.1, 0.15) is 6.10 Å². The minimum absolute atomic E-state index is 0.122. The SMILES string of the molecule is CO[C@H](CO)[C@H](O)C(C)C. The Bertz CT molecular complexity index is 78.9. The fraction of sp³-hybridized carbons (Fsp3) is 1.00. The van der Waals surface area contributed by atoms with E-state index in [-0.39, 0.29) is 12.5 Å². The molecule has 2 N–H and O–H groups in total. The van der Waals surface area contributed by atoms with E-state index in [1.165, 1.54) is 7.11 Å². The summed E-state index contributed by atoms with van der Waals surface area (Å²) in [5.41, 5.74) is 0. The summed E-state index contributed by atoms with van der Waals surface area (Å²) in [6.45, 7) is 3.63. The van der Waals surface area contributed by atoms with E-state index in [9.17, 15) is 5.11 Å². The molecule has 0 spiro atoms. The van der Waals surface area contributed by atoms with Crippen LogP contribution < -0.4 is 0 Å². The summed E-state index contributed by atoms with van der Waals surface area (Å²) in [7, 11) is 1.48. The molecule has 62 valence electrons. The molecule has 0 aromatic rings. The van der Waals surface area contributed by atoms with Gasteiger partial charge >= 0.3 is 0 Å². The molecular formula is C7H16O3. The monoisotopic (exact) mass is 148 g/mol. The van der Waals surface area contributed by atoms with Crippen molar-refractivity contribution in [2.24, 2.45) is 5.92 Å². The number of hydrogen-bond acceptors (Lipinski definition) is 3. The molecule has 0 heterocycles. The van der Waals surface area contributed by atoms with Crippen LogP contribution in [0.3, 0.4) is 0 Å². The van der Waals surface area contributed by atoms with Gasteiger partial charge in [-0.25, -0.2) is 0 Å². The molecule has 0 fully saturated rings. The zero-order valence-electron chi connectivity index (χ0n) is 6.74. The average molecular weight is 148 g/mol. The zero-order chi connectivity index (χ0) is 8.15. The van der Waals surface area contributed by atoms with Gasteiger partial charge in [0.25, 0.3) is 0 Å². The molecule has 0 aliphatic rings. The third kappa shape index (κ3) is 2.64. The molecule has 10 heavy (non-hydrogen) atoms. The first kappa shape index (κ1) is 9.88. The summed E-state index contributed by atoms with van der Waals surface area (Å²) < 4.78 is 4.82. The Morgan fingerprint density at radius 2 is 1.90 bits per heavy atom. The van der Waals surface area contributed by atoms with Crippen LogP contribution in [-0.4, -0.2) is 36.1 Å². The number of aliphatic hydroxyl groups excluding tert-OH is 2. The predicted octanol–water partition coefficient (Wildman–Crippen LogP) is 0.0106. The highest BCUT2D eigenvalue weighted by Crippen LogP contribution is 2.07. The normalized spacial score (nSPS) is 17.4. The fourth-order valence-electron chi connectivity index (χ4n) is 0.751. The molecule has 0 aromatic carbocycles. The third-order valence-electron chi connectivity index (χ3n) is 1.55. The van der Waals surface area contributed by atoms with E-state index in [1.807, 2.05) is 13.8 Å². The van der Waals surface area contributed by atoms with Crippen LogP contribution in [0.5, 0.6) is 0 Å². The molecule has 3 nitrogen and oxygen atoms in total. The molecule has 0 aliphatic heterocycles. The lowest BCUT2D eigenvalue weighted by Crippen LogP contribution is -2.35. The Morgan fingerprint density at radius 1 is 1.40 bits per heavy atom. The minimum atomic E-state index is -0.574. The van der Waals surface area contributed by atoms with Gasteiger partial charge in [0.05, 0.1) is 12.7 Å². The molecule has 3 heteroatoms. The largest absolute Gasteiger partial charge is 0.394 e. The second kappa shape index (κ2) is 4.66. The van der Waals surface area contributed by atoms with Crippen molar-refractivity contribution in [1.82, 2.24) is 0 Å². The van der Waals surface area contributed by atoms with Crippen molar-refractivity contribution in [2.75, 3.05) is 13.7 Å². The third-order valence-corrected chi connectivity index (χ3v) is 1.55. The van der Waals surface area contributed by atoms with Crippen LogP contribution in [0.2, 0.25) is 0 Å². The van der Waals surface area contributed by atoms with Crippen LogP contribution in [0.4, 0.5) is 0 Å². The highest BCUT2D eigenvalue weighted by molar-refractivity contribution is 4.70. The molecule has 2 atom stereocenters. The van der Waals surface area contributed by atoms with Gasteiger partial charge in [0.15, 0.2) is 0 Å². The summed E-state index contributed by atoms with van der Waals surface area (Å²) in [5, 5.41) is 18.0. The van der Waals surface area contributed by atoms with Crippen molar-refractivity contribution in [3.05, 3.63) is 0 Å². The highest BCUT2D eigenvalue weighted by atomic mass is 16.5. The van der Waals surface area contributed by atoms with Crippen LogP contribution in [0.1, 0.15) is 13.8 Å². The number of rotatable bonds is 4. The maximum absolute atomic E-state index is 9.30.